The summed E-state index contributed by atoms with van der Waals surface area (Å²) in [6.07, 6.45) is 1.74. The van der Waals surface area contributed by atoms with Gasteiger partial charge in [0, 0.05) is 24.7 Å². The molecule has 0 aromatic heterocycles. The van der Waals surface area contributed by atoms with E-state index in [1.165, 1.54) is 0 Å². The molecule has 2 N–H and O–H groups in total. The van der Waals surface area contributed by atoms with Gasteiger partial charge < -0.3 is 5.32 Å². The van der Waals surface area contributed by atoms with Gasteiger partial charge in [-0.25, -0.2) is 0 Å². The summed E-state index contributed by atoms with van der Waals surface area (Å²) in [5, 5.41) is 0.649. The van der Waals surface area contributed by atoms with Gasteiger partial charge in [-0.2, -0.15) is 8.42 Å². The van der Waals surface area contributed by atoms with Gasteiger partial charge in [0.25, 0.3) is 21.9 Å². The summed E-state index contributed by atoms with van der Waals surface area (Å²) >= 11 is 0. The lowest BCUT2D eigenvalue weighted by molar-refractivity contribution is -0.137. The molecule has 1 aliphatic heterocycles. The fraction of sp³-hybridized carbons (Fsp3) is 0.545. The minimum Gasteiger partial charge on any atom is -0.353 e. The second kappa shape index (κ2) is 6.14. The maximum Gasteiger partial charge on any atom is 0.277 e. The summed E-state index contributed by atoms with van der Waals surface area (Å²) in [6, 6.07) is -0.302. The van der Waals surface area contributed by atoms with Crippen molar-refractivity contribution in [2.75, 3.05) is 6.54 Å². The molecule has 0 aliphatic carbocycles. The Morgan fingerprint density at radius 3 is 2.20 bits per heavy atom. The van der Waals surface area contributed by atoms with Crippen LogP contribution in [0.1, 0.15) is 20.3 Å². The highest BCUT2D eigenvalue weighted by Crippen LogP contribution is 2.10. The van der Waals surface area contributed by atoms with Crippen LogP contribution in [0.2, 0.25) is 0 Å². The first kappa shape index (κ1) is 16.3. The summed E-state index contributed by atoms with van der Waals surface area (Å²) < 4.78 is 31.5. The highest BCUT2D eigenvalue weighted by Gasteiger charge is 2.33. The van der Waals surface area contributed by atoms with Crippen molar-refractivity contribution < 1.29 is 27.4 Å². The first-order chi connectivity index (χ1) is 9.12. The van der Waals surface area contributed by atoms with Crippen LogP contribution in [0.15, 0.2) is 12.2 Å². The SMILES string of the molecule is CC(C)NC(=O)C(CCN1C(=O)C=CC1=O)S(=O)(=O)O. The largest absolute Gasteiger partial charge is 0.353 e. The lowest BCUT2D eigenvalue weighted by atomic mass is 10.2. The van der Waals surface area contributed by atoms with E-state index < -0.39 is 33.1 Å². The van der Waals surface area contributed by atoms with E-state index in [4.69, 9.17) is 4.55 Å². The third-order valence-corrected chi connectivity index (χ3v) is 3.77. The van der Waals surface area contributed by atoms with Gasteiger partial charge in [0.05, 0.1) is 0 Å². The maximum absolute atomic E-state index is 11.7. The first-order valence-electron chi connectivity index (χ1n) is 5.93. The highest BCUT2D eigenvalue weighted by atomic mass is 32.2. The third-order valence-electron chi connectivity index (χ3n) is 2.60. The quantitative estimate of drug-likeness (QED) is 0.484. The van der Waals surface area contributed by atoms with E-state index in [9.17, 15) is 22.8 Å². The zero-order valence-corrected chi connectivity index (χ0v) is 11.9. The molecule has 8 nitrogen and oxygen atoms in total. The van der Waals surface area contributed by atoms with Crippen molar-refractivity contribution in [2.45, 2.75) is 31.6 Å². The van der Waals surface area contributed by atoms with Crippen LogP contribution < -0.4 is 5.32 Å². The van der Waals surface area contributed by atoms with Crippen LogP contribution in [0, 0.1) is 0 Å². The summed E-state index contributed by atoms with van der Waals surface area (Å²) in [4.78, 5) is 35.1. The second-order valence-electron chi connectivity index (χ2n) is 4.62. The van der Waals surface area contributed by atoms with E-state index in [0.717, 1.165) is 17.1 Å². The molecule has 0 saturated heterocycles. The van der Waals surface area contributed by atoms with E-state index in [0.29, 0.717) is 0 Å². The molecule has 112 valence electrons. The summed E-state index contributed by atoms with van der Waals surface area (Å²) in [5.74, 6) is -2.02. The zero-order valence-electron chi connectivity index (χ0n) is 11.1. The fourth-order valence-electron chi connectivity index (χ4n) is 1.69. The standard InChI is InChI=1S/C11H16N2O6S/c1-7(2)12-11(16)8(20(17,18)19)5-6-13-9(14)3-4-10(13)15/h3-4,7-8H,5-6H2,1-2H3,(H,12,16)(H,17,18,19). The van der Waals surface area contributed by atoms with Gasteiger partial charge in [-0.1, -0.05) is 0 Å². The summed E-state index contributed by atoms with van der Waals surface area (Å²) in [5.41, 5.74) is 0. The number of rotatable bonds is 6. The molecule has 20 heavy (non-hydrogen) atoms. The van der Waals surface area contributed by atoms with Gasteiger partial charge in [-0.05, 0) is 20.3 Å². The van der Waals surface area contributed by atoms with Crippen LogP contribution in [-0.4, -0.2) is 53.4 Å². The second-order valence-corrected chi connectivity index (χ2v) is 6.22. The molecule has 1 atom stereocenters. The number of amides is 3. The average Bonchev–Trinajstić information content (AvgIpc) is 2.57. The van der Waals surface area contributed by atoms with Crippen LogP contribution >= 0.6 is 0 Å². The van der Waals surface area contributed by atoms with Crippen molar-refractivity contribution in [1.29, 1.82) is 0 Å². The Kier molecular flexibility index (Phi) is 5.01. The first-order valence-corrected chi connectivity index (χ1v) is 7.43. The van der Waals surface area contributed by atoms with Crippen molar-refractivity contribution in [3.8, 4) is 0 Å². The van der Waals surface area contributed by atoms with Crippen LogP contribution in [0.25, 0.3) is 0 Å². The molecule has 1 rings (SSSR count). The summed E-state index contributed by atoms with van der Waals surface area (Å²) in [6.45, 7) is 3.01. The van der Waals surface area contributed by atoms with Crippen LogP contribution in [-0.2, 0) is 24.5 Å². The van der Waals surface area contributed by atoms with E-state index in [2.05, 4.69) is 5.32 Å². The molecular weight excluding hydrogens is 288 g/mol. The average molecular weight is 304 g/mol. The molecule has 0 radical (unpaired) electrons. The highest BCUT2D eigenvalue weighted by molar-refractivity contribution is 7.87. The minimum absolute atomic E-state index is 0.263. The van der Waals surface area contributed by atoms with Gasteiger partial charge in [-0.3, -0.25) is 23.8 Å². The van der Waals surface area contributed by atoms with Crippen molar-refractivity contribution in [3.63, 3.8) is 0 Å². The Hall–Kier alpha value is -1.74. The minimum atomic E-state index is -4.62. The molecule has 0 bridgehead atoms. The molecular formula is C11H16N2O6S. The number of imide groups is 1. The van der Waals surface area contributed by atoms with Crippen molar-refractivity contribution in [3.05, 3.63) is 12.2 Å². The van der Waals surface area contributed by atoms with Crippen molar-refractivity contribution in [1.82, 2.24) is 10.2 Å². The summed E-state index contributed by atoms with van der Waals surface area (Å²) in [7, 11) is -4.62. The Balaban J connectivity index is 2.75. The molecule has 1 unspecified atom stereocenters. The Morgan fingerprint density at radius 2 is 1.80 bits per heavy atom. The van der Waals surface area contributed by atoms with Crippen molar-refractivity contribution >= 4 is 27.8 Å². The molecule has 9 heteroatoms. The van der Waals surface area contributed by atoms with Crippen LogP contribution in [0.5, 0.6) is 0 Å². The molecule has 0 saturated carbocycles. The van der Waals surface area contributed by atoms with E-state index in [1.807, 2.05) is 0 Å². The molecule has 1 heterocycles. The van der Waals surface area contributed by atoms with Crippen LogP contribution in [0.4, 0.5) is 0 Å². The van der Waals surface area contributed by atoms with Gasteiger partial charge in [-0.15, -0.1) is 0 Å². The van der Waals surface area contributed by atoms with E-state index in [-0.39, 0.29) is 19.0 Å². The predicted octanol–water partition coefficient (Wildman–Crippen LogP) is -0.917. The number of carbonyl (C=O) groups excluding carboxylic acids is 3. The predicted molar refractivity (Wildman–Crippen MR) is 69.1 cm³/mol. The van der Waals surface area contributed by atoms with Crippen LogP contribution in [0.3, 0.4) is 0 Å². The zero-order chi connectivity index (χ0) is 15.5. The number of hydrogen-bond donors (Lipinski definition) is 2. The Bertz CT molecular complexity index is 533. The molecule has 0 aromatic rings. The Morgan fingerprint density at radius 1 is 1.30 bits per heavy atom. The lowest BCUT2D eigenvalue weighted by Gasteiger charge is -2.19. The number of hydrogen-bond acceptors (Lipinski definition) is 5. The maximum atomic E-state index is 11.7. The molecule has 3 amide bonds. The smallest absolute Gasteiger partial charge is 0.277 e. The van der Waals surface area contributed by atoms with E-state index >= 15 is 0 Å². The molecule has 0 aromatic carbocycles. The fourth-order valence-corrected chi connectivity index (χ4v) is 2.43. The molecule has 1 aliphatic rings. The number of nitrogens with zero attached hydrogens (tertiary/aromatic N) is 1. The lowest BCUT2D eigenvalue weighted by Crippen LogP contribution is -2.45. The monoisotopic (exact) mass is 304 g/mol. The van der Waals surface area contributed by atoms with Gasteiger partial charge in [0.15, 0.2) is 5.25 Å². The topological polar surface area (TPSA) is 121 Å². The normalized spacial score (nSPS) is 16.9. The number of carbonyl (C=O) groups is 3. The molecule has 0 spiro atoms. The Labute approximate surface area is 116 Å². The van der Waals surface area contributed by atoms with E-state index in [1.54, 1.807) is 13.8 Å². The van der Waals surface area contributed by atoms with Gasteiger partial charge in [0.1, 0.15) is 0 Å². The molecule has 0 fully saturated rings. The van der Waals surface area contributed by atoms with Gasteiger partial charge in [0.2, 0.25) is 5.91 Å². The third kappa shape index (κ3) is 4.14. The number of nitrogens with one attached hydrogen (secondary N) is 1. The van der Waals surface area contributed by atoms with Crippen molar-refractivity contribution in [2.24, 2.45) is 0 Å². The van der Waals surface area contributed by atoms with Gasteiger partial charge >= 0.3 is 0 Å².